The molecule has 0 saturated carbocycles. The first-order chi connectivity index (χ1) is 8.99. The van der Waals surface area contributed by atoms with Gasteiger partial charge in [-0.15, -0.1) is 0 Å². The van der Waals surface area contributed by atoms with Gasteiger partial charge in [0.1, 0.15) is 0 Å². The maximum Gasteiger partial charge on any atom is 0.311 e. The van der Waals surface area contributed by atoms with Gasteiger partial charge >= 0.3 is 5.69 Å². The summed E-state index contributed by atoms with van der Waals surface area (Å²) in [5, 5.41) is 11.0. The number of ether oxygens (including phenoxy) is 1. The van der Waals surface area contributed by atoms with Gasteiger partial charge in [0.05, 0.1) is 4.92 Å². The fourth-order valence-corrected chi connectivity index (χ4v) is 1.80. The van der Waals surface area contributed by atoms with Crippen LogP contribution in [-0.2, 0) is 0 Å². The second-order valence-electron chi connectivity index (χ2n) is 4.05. The third-order valence-electron chi connectivity index (χ3n) is 2.62. The number of aromatic nitrogens is 1. The predicted octanol–water partition coefficient (Wildman–Crippen LogP) is 4.16. The molecule has 0 atom stereocenters. The van der Waals surface area contributed by atoms with E-state index >= 15 is 0 Å². The molecule has 0 radical (unpaired) electrons. The van der Waals surface area contributed by atoms with Gasteiger partial charge in [0.25, 0.3) is 0 Å². The molecule has 0 aliphatic heterocycles. The Labute approximate surface area is 118 Å². The van der Waals surface area contributed by atoms with E-state index in [0.717, 1.165) is 10.0 Å². The first kappa shape index (κ1) is 13.5. The van der Waals surface area contributed by atoms with Crippen LogP contribution in [0.4, 0.5) is 5.69 Å². The van der Waals surface area contributed by atoms with Crippen LogP contribution in [0.3, 0.4) is 0 Å². The SMILES string of the molecule is Cc1cc(Oc2c(C)cccc2[N+](=O)[O-])ncc1Br. The number of aryl methyl sites for hydroxylation is 2. The molecule has 6 heteroatoms. The molecule has 0 N–H and O–H groups in total. The first-order valence-corrected chi connectivity index (χ1v) is 6.32. The van der Waals surface area contributed by atoms with Crippen molar-refractivity contribution in [2.75, 3.05) is 0 Å². The lowest BCUT2D eigenvalue weighted by molar-refractivity contribution is -0.385. The van der Waals surface area contributed by atoms with Crippen LogP contribution in [0.1, 0.15) is 11.1 Å². The van der Waals surface area contributed by atoms with E-state index in [1.54, 1.807) is 31.3 Å². The monoisotopic (exact) mass is 322 g/mol. The number of nitro benzene ring substituents is 1. The summed E-state index contributed by atoms with van der Waals surface area (Å²) >= 11 is 3.34. The Morgan fingerprint density at radius 3 is 2.68 bits per heavy atom. The van der Waals surface area contributed by atoms with Crippen molar-refractivity contribution in [2.24, 2.45) is 0 Å². The average molecular weight is 323 g/mol. The molecule has 0 saturated heterocycles. The van der Waals surface area contributed by atoms with Gasteiger partial charge in [-0.25, -0.2) is 4.98 Å². The summed E-state index contributed by atoms with van der Waals surface area (Å²) in [5.41, 5.74) is 1.57. The fourth-order valence-electron chi connectivity index (χ4n) is 1.59. The van der Waals surface area contributed by atoms with Gasteiger partial charge in [-0.05, 0) is 40.9 Å². The molecule has 1 aromatic carbocycles. The predicted molar refractivity (Wildman–Crippen MR) is 74.6 cm³/mol. The summed E-state index contributed by atoms with van der Waals surface area (Å²) in [5.74, 6) is 0.555. The molecule has 0 bridgehead atoms. The van der Waals surface area contributed by atoms with E-state index in [-0.39, 0.29) is 11.4 Å². The minimum absolute atomic E-state index is 0.0672. The zero-order chi connectivity index (χ0) is 14.0. The van der Waals surface area contributed by atoms with Crippen LogP contribution >= 0.6 is 15.9 Å². The Kier molecular flexibility index (Phi) is 3.80. The summed E-state index contributed by atoms with van der Waals surface area (Å²) < 4.78 is 6.42. The van der Waals surface area contributed by atoms with E-state index in [9.17, 15) is 10.1 Å². The number of halogens is 1. The summed E-state index contributed by atoms with van der Waals surface area (Å²) in [4.78, 5) is 14.6. The Hall–Kier alpha value is -1.95. The van der Waals surface area contributed by atoms with E-state index in [1.165, 1.54) is 6.07 Å². The second-order valence-corrected chi connectivity index (χ2v) is 4.91. The highest BCUT2D eigenvalue weighted by atomic mass is 79.9. The number of para-hydroxylation sites is 1. The maximum atomic E-state index is 11.0. The highest BCUT2D eigenvalue weighted by molar-refractivity contribution is 9.10. The van der Waals surface area contributed by atoms with Crippen molar-refractivity contribution in [1.29, 1.82) is 0 Å². The number of hydrogen-bond acceptors (Lipinski definition) is 4. The minimum atomic E-state index is -0.464. The number of hydrogen-bond donors (Lipinski definition) is 0. The molecular weight excluding hydrogens is 312 g/mol. The van der Waals surface area contributed by atoms with E-state index in [0.29, 0.717) is 11.4 Å². The molecule has 1 heterocycles. The van der Waals surface area contributed by atoms with Crippen LogP contribution in [0.2, 0.25) is 0 Å². The third-order valence-corrected chi connectivity index (χ3v) is 3.45. The summed E-state index contributed by atoms with van der Waals surface area (Å²) in [6, 6.07) is 6.52. The van der Waals surface area contributed by atoms with Crippen LogP contribution in [-0.4, -0.2) is 9.91 Å². The summed E-state index contributed by atoms with van der Waals surface area (Å²) in [6.45, 7) is 3.65. The van der Waals surface area contributed by atoms with Crippen molar-refractivity contribution >= 4 is 21.6 Å². The lowest BCUT2D eigenvalue weighted by atomic mass is 10.2. The van der Waals surface area contributed by atoms with Crippen molar-refractivity contribution in [2.45, 2.75) is 13.8 Å². The first-order valence-electron chi connectivity index (χ1n) is 5.53. The Morgan fingerprint density at radius 2 is 2.05 bits per heavy atom. The van der Waals surface area contributed by atoms with Crippen LogP contribution in [0, 0.1) is 24.0 Å². The van der Waals surface area contributed by atoms with Crippen molar-refractivity contribution in [1.82, 2.24) is 4.98 Å². The largest absolute Gasteiger partial charge is 0.432 e. The third kappa shape index (κ3) is 2.90. The number of benzene rings is 1. The van der Waals surface area contributed by atoms with Gasteiger partial charge in [0, 0.05) is 22.8 Å². The zero-order valence-electron chi connectivity index (χ0n) is 10.4. The molecule has 5 nitrogen and oxygen atoms in total. The van der Waals surface area contributed by atoms with Crippen LogP contribution in [0.25, 0.3) is 0 Å². The van der Waals surface area contributed by atoms with Gasteiger partial charge in [0.2, 0.25) is 11.6 Å². The molecule has 0 amide bonds. The van der Waals surface area contributed by atoms with Crippen LogP contribution in [0.5, 0.6) is 11.6 Å². The molecule has 0 aliphatic rings. The molecule has 0 aliphatic carbocycles. The molecule has 1 aromatic heterocycles. The van der Waals surface area contributed by atoms with Gasteiger partial charge in [-0.1, -0.05) is 12.1 Å². The molecule has 98 valence electrons. The van der Waals surface area contributed by atoms with E-state index in [4.69, 9.17) is 4.74 Å². The lowest BCUT2D eigenvalue weighted by Gasteiger charge is -2.09. The molecule has 2 aromatic rings. The van der Waals surface area contributed by atoms with Crippen molar-refractivity contribution in [3.63, 3.8) is 0 Å². The Balaban J connectivity index is 2.42. The second kappa shape index (κ2) is 5.36. The molecule has 0 spiro atoms. The summed E-state index contributed by atoms with van der Waals surface area (Å²) in [6.07, 6.45) is 1.61. The highest BCUT2D eigenvalue weighted by Crippen LogP contribution is 2.34. The van der Waals surface area contributed by atoms with Crippen LogP contribution in [0.15, 0.2) is 34.9 Å². The number of rotatable bonds is 3. The Morgan fingerprint density at radius 1 is 1.32 bits per heavy atom. The molecule has 2 rings (SSSR count). The van der Waals surface area contributed by atoms with Gasteiger partial charge in [-0.3, -0.25) is 10.1 Å². The topological polar surface area (TPSA) is 65.3 Å². The standard InChI is InChI=1S/C13H11BrN2O3/c1-8-4-3-5-11(16(17)18)13(8)19-12-6-9(2)10(14)7-15-12/h3-7H,1-2H3. The van der Waals surface area contributed by atoms with Gasteiger partial charge in [0.15, 0.2) is 0 Å². The van der Waals surface area contributed by atoms with E-state index in [2.05, 4.69) is 20.9 Å². The highest BCUT2D eigenvalue weighted by Gasteiger charge is 2.18. The van der Waals surface area contributed by atoms with Gasteiger partial charge in [-0.2, -0.15) is 0 Å². The zero-order valence-corrected chi connectivity index (χ0v) is 12.0. The van der Waals surface area contributed by atoms with E-state index in [1.807, 2.05) is 6.92 Å². The molecule has 19 heavy (non-hydrogen) atoms. The van der Waals surface area contributed by atoms with Crippen molar-refractivity contribution in [3.8, 4) is 11.6 Å². The number of nitrogens with zero attached hydrogens (tertiary/aromatic N) is 2. The minimum Gasteiger partial charge on any atom is -0.432 e. The van der Waals surface area contributed by atoms with Gasteiger partial charge < -0.3 is 4.74 Å². The summed E-state index contributed by atoms with van der Waals surface area (Å²) in [7, 11) is 0. The normalized spacial score (nSPS) is 10.3. The lowest BCUT2D eigenvalue weighted by Crippen LogP contribution is -1.97. The fraction of sp³-hybridized carbons (Fsp3) is 0.154. The molecular formula is C13H11BrN2O3. The van der Waals surface area contributed by atoms with Crippen LogP contribution < -0.4 is 4.74 Å². The Bertz CT molecular complexity index is 644. The van der Waals surface area contributed by atoms with Crippen molar-refractivity contribution in [3.05, 3.63) is 56.2 Å². The quantitative estimate of drug-likeness (QED) is 0.628. The smallest absolute Gasteiger partial charge is 0.311 e. The molecule has 0 unspecified atom stereocenters. The number of nitro groups is 1. The average Bonchev–Trinajstić information content (AvgIpc) is 2.36. The number of pyridine rings is 1. The van der Waals surface area contributed by atoms with Crippen molar-refractivity contribution < 1.29 is 9.66 Å². The maximum absolute atomic E-state index is 11.0. The van der Waals surface area contributed by atoms with E-state index < -0.39 is 4.92 Å². The molecule has 0 fully saturated rings.